The molecule has 3 rings (SSSR count). The Morgan fingerprint density at radius 3 is 2.55 bits per heavy atom. The fourth-order valence-electron chi connectivity index (χ4n) is 2.51. The van der Waals surface area contributed by atoms with Gasteiger partial charge in [-0.2, -0.15) is 0 Å². The smallest absolute Gasteiger partial charge is 0.151 e. The Bertz CT molecular complexity index is 762. The number of nitrogen functional groups attached to an aromatic ring is 2. The summed E-state index contributed by atoms with van der Waals surface area (Å²) in [5.41, 5.74) is 14.8. The van der Waals surface area contributed by atoms with Crippen LogP contribution in [0.15, 0.2) is 42.6 Å². The standard InChI is InChI=1S/C16H16FN3/c17-16-12(13(18)7-8-14(16)19)6-5-10-9-20-15-4-2-1-3-11(10)15/h1-4,7-9,20H,5-6,18-19H2. The molecule has 0 aliphatic carbocycles. The highest BCUT2D eigenvalue weighted by atomic mass is 19.1. The summed E-state index contributed by atoms with van der Waals surface area (Å²) in [7, 11) is 0. The Kier molecular flexibility index (Phi) is 3.06. The van der Waals surface area contributed by atoms with E-state index in [9.17, 15) is 4.39 Å². The average molecular weight is 269 g/mol. The third-order valence-corrected chi connectivity index (χ3v) is 3.63. The molecule has 3 aromatic rings. The third kappa shape index (κ3) is 2.09. The minimum Gasteiger partial charge on any atom is -0.398 e. The number of anilines is 2. The Hall–Kier alpha value is -2.49. The molecule has 0 fully saturated rings. The van der Waals surface area contributed by atoms with Crippen LogP contribution in [0.1, 0.15) is 11.1 Å². The van der Waals surface area contributed by atoms with E-state index < -0.39 is 5.82 Å². The van der Waals surface area contributed by atoms with E-state index >= 15 is 0 Å². The Balaban J connectivity index is 1.89. The van der Waals surface area contributed by atoms with Crippen molar-refractivity contribution < 1.29 is 4.39 Å². The zero-order chi connectivity index (χ0) is 14.1. The highest BCUT2D eigenvalue weighted by molar-refractivity contribution is 5.83. The molecule has 1 heterocycles. The predicted octanol–water partition coefficient (Wildman–Crippen LogP) is 3.26. The quantitative estimate of drug-likeness (QED) is 0.639. The molecule has 20 heavy (non-hydrogen) atoms. The molecule has 0 unspecified atom stereocenters. The topological polar surface area (TPSA) is 67.8 Å². The van der Waals surface area contributed by atoms with Crippen molar-refractivity contribution in [3.63, 3.8) is 0 Å². The van der Waals surface area contributed by atoms with Gasteiger partial charge in [-0.15, -0.1) is 0 Å². The van der Waals surface area contributed by atoms with Crippen molar-refractivity contribution >= 4 is 22.3 Å². The zero-order valence-electron chi connectivity index (χ0n) is 11.0. The average Bonchev–Trinajstić information content (AvgIpc) is 2.87. The van der Waals surface area contributed by atoms with E-state index in [0.717, 1.165) is 16.5 Å². The molecule has 0 saturated heterocycles. The van der Waals surface area contributed by atoms with E-state index in [1.165, 1.54) is 6.07 Å². The number of nitrogens with two attached hydrogens (primary N) is 2. The van der Waals surface area contributed by atoms with Crippen LogP contribution in [0.25, 0.3) is 10.9 Å². The van der Waals surface area contributed by atoms with E-state index in [0.29, 0.717) is 24.1 Å². The number of benzene rings is 2. The van der Waals surface area contributed by atoms with Crippen molar-refractivity contribution in [2.45, 2.75) is 12.8 Å². The molecular weight excluding hydrogens is 253 g/mol. The largest absolute Gasteiger partial charge is 0.398 e. The van der Waals surface area contributed by atoms with Crippen LogP contribution in [-0.2, 0) is 12.8 Å². The summed E-state index contributed by atoms with van der Waals surface area (Å²) in [5.74, 6) is -0.398. The number of hydrogen-bond donors (Lipinski definition) is 3. The number of fused-ring (bicyclic) bond motifs is 1. The van der Waals surface area contributed by atoms with Gasteiger partial charge in [-0.1, -0.05) is 18.2 Å². The number of aryl methyl sites for hydroxylation is 1. The highest BCUT2D eigenvalue weighted by Crippen LogP contribution is 2.25. The lowest BCUT2D eigenvalue weighted by Gasteiger charge is -2.08. The van der Waals surface area contributed by atoms with Gasteiger partial charge in [0, 0.05) is 28.4 Å². The van der Waals surface area contributed by atoms with E-state index in [-0.39, 0.29) is 5.69 Å². The number of aromatic amines is 1. The van der Waals surface area contributed by atoms with Crippen LogP contribution in [-0.4, -0.2) is 4.98 Å². The lowest BCUT2D eigenvalue weighted by molar-refractivity contribution is 0.614. The SMILES string of the molecule is Nc1ccc(N)c(CCc2c[nH]c3ccccc23)c1F. The summed E-state index contributed by atoms with van der Waals surface area (Å²) in [4.78, 5) is 3.22. The summed E-state index contributed by atoms with van der Waals surface area (Å²) >= 11 is 0. The molecule has 0 bridgehead atoms. The number of halogens is 1. The summed E-state index contributed by atoms with van der Waals surface area (Å²) in [6, 6.07) is 11.2. The molecule has 0 atom stereocenters. The minimum absolute atomic E-state index is 0.146. The van der Waals surface area contributed by atoms with Crippen LogP contribution in [0.4, 0.5) is 15.8 Å². The molecule has 5 N–H and O–H groups in total. The monoisotopic (exact) mass is 269 g/mol. The molecule has 3 nitrogen and oxygen atoms in total. The molecule has 2 aromatic carbocycles. The molecule has 0 saturated carbocycles. The maximum Gasteiger partial charge on any atom is 0.151 e. The summed E-state index contributed by atoms with van der Waals surface area (Å²) < 4.78 is 14.0. The maximum absolute atomic E-state index is 14.0. The summed E-state index contributed by atoms with van der Waals surface area (Å²) in [6.07, 6.45) is 3.21. The molecule has 0 aliphatic heterocycles. The number of H-pyrrole nitrogens is 1. The lowest BCUT2D eigenvalue weighted by Crippen LogP contribution is -2.03. The number of rotatable bonds is 3. The van der Waals surface area contributed by atoms with Gasteiger partial charge >= 0.3 is 0 Å². The van der Waals surface area contributed by atoms with Crippen LogP contribution < -0.4 is 11.5 Å². The second kappa shape index (κ2) is 4.89. The van der Waals surface area contributed by atoms with E-state index in [1.807, 2.05) is 24.4 Å². The first-order chi connectivity index (χ1) is 9.66. The van der Waals surface area contributed by atoms with Crippen LogP contribution in [0, 0.1) is 5.82 Å². The third-order valence-electron chi connectivity index (χ3n) is 3.63. The minimum atomic E-state index is -0.398. The summed E-state index contributed by atoms with van der Waals surface area (Å²) in [5, 5.41) is 1.16. The van der Waals surface area contributed by atoms with Crippen LogP contribution in [0.5, 0.6) is 0 Å². The number of nitrogens with one attached hydrogen (secondary N) is 1. The van der Waals surface area contributed by atoms with Gasteiger partial charge in [-0.25, -0.2) is 4.39 Å². The van der Waals surface area contributed by atoms with Crippen molar-refractivity contribution in [1.29, 1.82) is 0 Å². The second-order valence-corrected chi connectivity index (χ2v) is 4.90. The van der Waals surface area contributed by atoms with E-state index in [4.69, 9.17) is 11.5 Å². The van der Waals surface area contributed by atoms with E-state index in [2.05, 4.69) is 11.1 Å². The van der Waals surface area contributed by atoms with Crippen molar-refractivity contribution in [1.82, 2.24) is 4.98 Å². The molecular formula is C16H16FN3. The molecule has 4 heteroatoms. The zero-order valence-corrected chi connectivity index (χ0v) is 11.0. The van der Waals surface area contributed by atoms with Gasteiger partial charge in [0.05, 0.1) is 5.69 Å². The van der Waals surface area contributed by atoms with Crippen molar-refractivity contribution in [2.75, 3.05) is 11.5 Å². The van der Waals surface area contributed by atoms with Gasteiger partial charge in [-0.05, 0) is 36.6 Å². The summed E-state index contributed by atoms with van der Waals surface area (Å²) in [6.45, 7) is 0. The highest BCUT2D eigenvalue weighted by Gasteiger charge is 2.11. The Morgan fingerprint density at radius 1 is 0.950 bits per heavy atom. The first-order valence-electron chi connectivity index (χ1n) is 6.54. The number of para-hydroxylation sites is 1. The predicted molar refractivity (Wildman–Crippen MR) is 80.9 cm³/mol. The second-order valence-electron chi connectivity index (χ2n) is 4.90. The van der Waals surface area contributed by atoms with Crippen LogP contribution in [0.2, 0.25) is 0 Å². The van der Waals surface area contributed by atoms with Crippen LogP contribution in [0.3, 0.4) is 0 Å². The van der Waals surface area contributed by atoms with Gasteiger partial charge in [0.25, 0.3) is 0 Å². The first kappa shape index (κ1) is 12.5. The molecule has 0 aliphatic rings. The van der Waals surface area contributed by atoms with Gasteiger partial charge in [0.15, 0.2) is 5.82 Å². The molecule has 0 amide bonds. The maximum atomic E-state index is 14.0. The number of aromatic nitrogens is 1. The first-order valence-corrected chi connectivity index (χ1v) is 6.54. The Morgan fingerprint density at radius 2 is 1.70 bits per heavy atom. The van der Waals surface area contributed by atoms with Crippen molar-refractivity contribution in [3.05, 3.63) is 59.5 Å². The molecule has 1 aromatic heterocycles. The van der Waals surface area contributed by atoms with Crippen molar-refractivity contribution in [3.8, 4) is 0 Å². The van der Waals surface area contributed by atoms with Gasteiger partial charge in [0.1, 0.15) is 0 Å². The molecule has 0 spiro atoms. The fourth-order valence-corrected chi connectivity index (χ4v) is 2.51. The molecule has 102 valence electrons. The molecule has 0 radical (unpaired) electrons. The number of hydrogen-bond acceptors (Lipinski definition) is 2. The lowest BCUT2D eigenvalue weighted by atomic mass is 10.0. The van der Waals surface area contributed by atoms with E-state index in [1.54, 1.807) is 6.07 Å². The van der Waals surface area contributed by atoms with Crippen molar-refractivity contribution in [2.24, 2.45) is 0 Å². The fraction of sp³-hybridized carbons (Fsp3) is 0.125. The van der Waals surface area contributed by atoms with Gasteiger partial charge < -0.3 is 16.5 Å². The Labute approximate surface area is 116 Å². The van der Waals surface area contributed by atoms with Gasteiger partial charge in [0.2, 0.25) is 0 Å². The van der Waals surface area contributed by atoms with Gasteiger partial charge in [-0.3, -0.25) is 0 Å². The van der Waals surface area contributed by atoms with Crippen LogP contribution >= 0.6 is 0 Å². The normalized spacial score (nSPS) is 11.1.